The van der Waals surface area contributed by atoms with Crippen LogP contribution in [-0.2, 0) is 13.0 Å². The minimum Gasteiger partial charge on any atom is -0.328 e. The highest BCUT2D eigenvalue weighted by Gasteiger charge is 2.21. The normalized spacial score (nSPS) is 25.0. The van der Waals surface area contributed by atoms with E-state index in [9.17, 15) is 0 Å². The van der Waals surface area contributed by atoms with Crippen LogP contribution in [-0.4, -0.2) is 20.8 Å². The summed E-state index contributed by atoms with van der Waals surface area (Å²) in [6.45, 7) is 3.06. The Kier molecular flexibility index (Phi) is 1.84. The highest BCUT2D eigenvalue weighted by atomic mass is 15.3. The summed E-state index contributed by atoms with van der Waals surface area (Å²) in [6, 6.07) is 0.278. The van der Waals surface area contributed by atoms with Gasteiger partial charge >= 0.3 is 0 Å². The average molecular weight is 166 g/mol. The van der Waals surface area contributed by atoms with Crippen molar-refractivity contribution in [2.24, 2.45) is 11.7 Å². The van der Waals surface area contributed by atoms with Crippen molar-refractivity contribution in [3.63, 3.8) is 0 Å². The molecule has 0 bridgehead atoms. The molecule has 2 heterocycles. The summed E-state index contributed by atoms with van der Waals surface area (Å²) < 4.78 is 2.11. The predicted octanol–water partition coefficient (Wildman–Crippen LogP) is 0.188. The van der Waals surface area contributed by atoms with Gasteiger partial charge < -0.3 is 10.3 Å². The lowest BCUT2D eigenvalue weighted by Crippen LogP contribution is -2.33. The summed E-state index contributed by atoms with van der Waals surface area (Å²) in [5.74, 6) is 1.69. The maximum atomic E-state index is 5.84. The number of hydrogen-bond acceptors (Lipinski definition) is 3. The van der Waals surface area contributed by atoms with Gasteiger partial charge in [-0.05, 0) is 19.3 Å². The first-order chi connectivity index (χ1) is 5.77. The third kappa shape index (κ3) is 1.22. The number of aromatic nitrogens is 3. The van der Waals surface area contributed by atoms with E-state index in [0.717, 1.165) is 25.2 Å². The van der Waals surface area contributed by atoms with Gasteiger partial charge in [0.2, 0.25) is 0 Å². The summed E-state index contributed by atoms with van der Waals surface area (Å²) in [4.78, 5) is 0. The van der Waals surface area contributed by atoms with Gasteiger partial charge in [0.15, 0.2) is 0 Å². The minimum absolute atomic E-state index is 0.278. The molecule has 1 aliphatic rings. The standard InChI is InChI=1S/C8H14N4/c1-6(9)7-2-3-8-11-10-5-12(8)4-7/h5-7H,2-4,9H2,1H3. The van der Waals surface area contributed by atoms with Crippen LogP contribution >= 0.6 is 0 Å². The molecule has 0 saturated carbocycles. The molecule has 1 aliphatic heterocycles. The van der Waals surface area contributed by atoms with Crippen molar-refractivity contribution >= 4 is 0 Å². The average Bonchev–Trinajstić information content (AvgIpc) is 2.49. The Labute approximate surface area is 71.8 Å². The second kappa shape index (κ2) is 2.86. The Balaban J connectivity index is 2.15. The Bertz CT molecular complexity index is 266. The van der Waals surface area contributed by atoms with Crippen LogP contribution in [0.5, 0.6) is 0 Å². The molecule has 0 amide bonds. The zero-order valence-electron chi connectivity index (χ0n) is 7.27. The monoisotopic (exact) mass is 166 g/mol. The van der Waals surface area contributed by atoms with E-state index in [4.69, 9.17) is 5.73 Å². The molecule has 4 heteroatoms. The van der Waals surface area contributed by atoms with Gasteiger partial charge in [0.1, 0.15) is 12.2 Å². The quantitative estimate of drug-likeness (QED) is 0.647. The van der Waals surface area contributed by atoms with Crippen molar-refractivity contribution < 1.29 is 0 Å². The smallest absolute Gasteiger partial charge is 0.132 e. The maximum absolute atomic E-state index is 5.84. The second-order valence-corrected chi connectivity index (χ2v) is 3.56. The van der Waals surface area contributed by atoms with Crippen LogP contribution in [0.3, 0.4) is 0 Å². The lowest BCUT2D eigenvalue weighted by Gasteiger charge is -2.25. The predicted molar refractivity (Wildman–Crippen MR) is 45.5 cm³/mol. The third-order valence-electron chi connectivity index (χ3n) is 2.61. The first kappa shape index (κ1) is 7.73. The van der Waals surface area contributed by atoms with Crippen LogP contribution in [0.25, 0.3) is 0 Å². The van der Waals surface area contributed by atoms with E-state index < -0.39 is 0 Å². The van der Waals surface area contributed by atoms with E-state index in [2.05, 4.69) is 21.7 Å². The van der Waals surface area contributed by atoms with Crippen molar-refractivity contribution in [2.45, 2.75) is 32.4 Å². The fourth-order valence-corrected chi connectivity index (χ4v) is 1.71. The van der Waals surface area contributed by atoms with E-state index in [1.165, 1.54) is 0 Å². The molecular formula is C8H14N4. The SMILES string of the molecule is CC(N)C1CCc2nncn2C1. The lowest BCUT2D eigenvalue weighted by molar-refractivity contribution is 0.321. The molecule has 0 radical (unpaired) electrons. The molecule has 0 aromatic carbocycles. The van der Waals surface area contributed by atoms with Crippen molar-refractivity contribution in [1.29, 1.82) is 0 Å². The molecule has 0 aliphatic carbocycles. The van der Waals surface area contributed by atoms with E-state index in [1.54, 1.807) is 6.33 Å². The van der Waals surface area contributed by atoms with E-state index in [0.29, 0.717) is 5.92 Å². The second-order valence-electron chi connectivity index (χ2n) is 3.56. The number of fused-ring (bicyclic) bond motifs is 1. The summed E-state index contributed by atoms with van der Waals surface area (Å²) in [7, 11) is 0. The Morgan fingerprint density at radius 3 is 3.33 bits per heavy atom. The molecule has 2 atom stereocenters. The van der Waals surface area contributed by atoms with Crippen molar-refractivity contribution in [3.8, 4) is 0 Å². The number of nitrogens with zero attached hydrogens (tertiary/aromatic N) is 3. The van der Waals surface area contributed by atoms with Gasteiger partial charge in [-0.25, -0.2) is 0 Å². The molecular weight excluding hydrogens is 152 g/mol. The Morgan fingerprint density at radius 2 is 2.58 bits per heavy atom. The molecule has 1 aromatic heterocycles. The van der Waals surface area contributed by atoms with Crippen molar-refractivity contribution in [2.75, 3.05) is 0 Å². The molecule has 66 valence electrons. The van der Waals surface area contributed by atoms with Gasteiger partial charge in [0.25, 0.3) is 0 Å². The molecule has 0 fully saturated rings. The minimum atomic E-state index is 0.278. The highest BCUT2D eigenvalue weighted by molar-refractivity contribution is 4.92. The van der Waals surface area contributed by atoms with Gasteiger partial charge in [-0.3, -0.25) is 0 Å². The van der Waals surface area contributed by atoms with E-state index in [1.807, 2.05) is 0 Å². The summed E-state index contributed by atoms with van der Waals surface area (Å²) in [5.41, 5.74) is 5.84. The van der Waals surface area contributed by atoms with Crippen LogP contribution in [0.1, 0.15) is 19.2 Å². The first-order valence-electron chi connectivity index (χ1n) is 4.39. The van der Waals surface area contributed by atoms with Crippen LogP contribution in [0.15, 0.2) is 6.33 Å². The summed E-state index contributed by atoms with van der Waals surface area (Å²) in [5, 5.41) is 7.89. The molecule has 2 N–H and O–H groups in total. The van der Waals surface area contributed by atoms with Crippen molar-refractivity contribution in [3.05, 3.63) is 12.2 Å². The number of aryl methyl sites for hydroxylation is 1. The van der Waals surface area contributed by atoms with E-state index in [-0.39, 0.29) is 6.04 Å². The number of hydrogen-bond donors (Lipinski definition) is 1. The summed E-state index contributed by atoms with van der Waals surface area (Å²) in [6.07, 6.45) is 3.96. The fraction of sp³-hybridized carbons (Fsp3) is 0.750. The van der Waals surface area contributed by atoms with Crippen molar-refractivity contribution in [1.82, 2.24) is 14.8 Å². The van der Waals surface area contributed by atoms with Crippen LogP contribution in [0, 0.1) is 5.92 Å². The topological polar surface area (TPSA) is 56.7 Å². The Hall–Kier alpha value is -0.900. The number of rotatable bonds is 1. The maximum Gasteiger partial charge on any atom is 0.132 e. The van der Waals surface area contributed by atoms with Crippen LogP contribution in [0.2, 0.25) is 0 Å². The molecule has 1 aromatic rings. The molecule has 0 spiro atoms. The molecule has 12 heavy (non-hydrogen) atoms. The molecule has 2 unspecified atom stereocenters. The molecule has 4 nitrogen and oxygen atoms in total. The zero-order valence-corrected chi connectivity index (χ0v) is 7.27. The van der Waals surface area contributed by atoms with Gasteiger partial charge in [0.05, 0.1) is 0 Å². The summed E-state index contributed by atoms with van der Waals surface area (Å²) >= 11 is 0. The van der Waals surface area contributed by atoms with Crippen LogP contribution in [0.4, 0.5) is 0 Å². The fourth-order valence-electron chi connectivity index (χ4n) is 1.71. The zero-order chi connectivity index (χ0) is 8.55. The van der Waals surface area contributed by atoms with Gasteiger partial charge in [-0.2, -0.15) is 0 Å². The molecule has 2 rings (SSSR count). The molecule has 0 saturated heterocycles. The van der Waals surface area contributed by atoms with Gasteiger partial charge in [-0.1, -0.05) is 0 Å². The van der Waals surface area contributed by atoms with Gasteiger partial charge in [-0.15, -0.1) is 10.2 Å². The van der Waals surface area contributed by atoms with E-state index >= 15 is 0 Å². The van der Waals surface area contributed by atoms with Gasteiger partial charge in [0, 0.05) is 19.0 Å². The lowest BCUT2D eigenvalue weighted by atomic mass is 9.93. The third-order valence-corrected chi connectivity index (χ3v) is 2.61. The largest absolute Gasteiger partial charge is 0.328 e. The first-order valence-corrected chi connectivity index (χ1v) is 4.39. The highest BCUT2D eigenvalue weighted by Crippen LogP contribution is 2.19. The number of nitrogens with two attached hydrogens (primary N) is 1. The Morgan fingerprint density at radius 1 is 1.75 bits per heavy atom. The van der Waals surface area contributed by atoms with Crippen LogP contribution < -0.4 is 5.73 Å².